The van der Waals surface area contributed by atoms with E-state index < -0.39 is 11.1 Å². The maximum absolute atomic E-state index is 11.7. The van der Waals surface area contributed by atoms with Crippen LogP contribution in [0.15, 0.2) is 0 Å². The molecule has 1 N–H and O–H groups in total. The third-order valence-corrected chi connectivity index (χ3v) is 3.89. The highest BCUT2D eigenvalue weighted by atomic mass is 16.6. The van der Waals surface area contributed by atoms with Crippen molar-refractivity contribution < 1.29 is 9.53 Å². The van der Waals surface area contributed by atoms with Crippen LogP contribution in [0.2, 0.25) is 0 Å². The Morgan fingerprint density at radius 3 is 2.87 bits per heavy atom. The number of hydrogen-bond donors (Lipinski definition) is 1. The normalized spacial score (nSPS) is 36.7. The van der Waals surface area contributed by atoms with Crippen LogP contribution >= 0.6 is 0 Å². The predicted molar refractivity (Wildman–Crippen MR) is 51.0 cm³/mol. The molecule has 80 valence electrons. The van der Waals surface area contributed by atoms with E-state index in [1.807, 2.05) is 0 Å². The standard InChI is InChI=1S/C10H13N3O2/c11-5-9-3-1-2-4-13(9)8(14)15-10(9)6-12-7-10/h12H,1-4,6-7H2. The fourth-order valence-electron chi connectivity index (χ4n) is 2.94. The van der Waals surface area contributed by atoms with Crippen LogP contribution in [0.25, 0.3) is 0 Å². The van der Waals surface area contributed by atoms with Gasteiger partial charge in [-0.2, -0.15) is 5.26 Å². The largest absolute Gasteiger partial charge is 0.436 e. The van der Waals surface area contributed by atoms with Crippen molar-refractivity contribution in [2.45, 2.75) is 30.4 Å². The number of rotatable bonds is 0. The van der Waals surface area contributed by atoms with Crippen LogP contribution in [0.3, 0.4) is 0 Å². The van der Waals surface area contributed by atoms with Crippen molar-refractivity contribution in [3.8, 4) is 6.07 Å². The van der Waals surface area contributed by atoms with Crippen molar-refractivity contribution in [2.75, 3.05) is 19.6 Å². The highest BCUT2D eigenvalue weighted by molar-refractivity contribution is 5.75. The van der Waals surface area contributed by atoms with E-state index in [0.29, 0.717) is 19.6 Å². The lowest BCUT2D eigenvalue weighted by atomic mass is 9.71. The van der Waals surface area contributed by atoms with E-state index >= 15 is 0 Å². The van der Waals surface area contributed by atoms with Crippen molar-refractivity contribution >= 4 is 6.09 Å². The van der Waals surface area contributed by atoms with Crippen LogP contribution in [-0.2, 0) is 4.74 Å². The maximum Gasteiger partial charge on any atom is 0.411 e. The van der Waals surface area contributed by atoms with Gasteiger partial charge in [0.25, 0.3) is 0 Å². The fourth-order valence-corrected chi connectivity index (χ4v) is 2.94. The van der Waals surface area contributed by atoms with Crippen LogP contribution in [0.1, 0.15) is 19.3 Å². The molecule has 0 aromatic heterocycles. The Kier molecular flexibility index (Phi) is 1.58. The summed E-state index contributed by atoms with van der Waals surface area (Å²) in [5, 5.41) is 12.5. The van der Waals surface area contributed by atoms with Gasteiger partial charge in [0.2, 0.25) is 0 Å². The Balaban J connectivity index is 2.06. The second kappa shape index (κ2) is 2.64. The van der Waals surface area contributed by atoms with Crippen molar-refractivity contribution in [2.24, 2.45) is 0 Å². The van der Waals surface area contributed by atoms with E-state index in [-0.39, 0.29) is 6.09 Å². The molecule has 1 atom stereocenters. The molecule has 3 heterocycles. The molecule has 15 heavy (non-hydrogen) atoms. The molecule has 5 nitrogen and oxygen atoms in total. The summed E-state index contributed by atoms with van der Waals surface area (Å²) in [5.74, 6) is 0. The number of nitrogens with one attached hydrogen (secondary N) is 1. The van der Waals surface area contributed by atoms with Gasteiger partial charge in [-0.1, -0.05) is 0 Å². The van der Waals surface area contributed by atoms with Crippen molar-refractivity contribution in [3.05, 3.63) is 0 Å². The molecule has 0 aromatic rings. The summed E-state index contributed by atoms with van der Waals surface area (Å²) in [4.78, 5) is 13.3. The molecule has 5 heteroatoms. The lowest BCUT2D eigenvalue weighted by molar-refractivity contribution is -0.0431. The molecular weight excluding hydrogens is 194 g/mol. The zero-order chi connectivity index (χ0) is 10.5. The average molecular weight is 207 g/mol. The second-order valence-electron chi connectivity index (χ2n) is 4.55. The minimum Gasteiger partial charge on any atom is -0.436 e. The smallest absolute Gasteiger partial charge is 0.411 e. The highest BCUT2D eigenvalue weighted by Gasteiger charge is 2.68. The molecule has 3 saturated heterocycles. The number of hydrogen-bond acceptors (Lipinski definition) is 4. The second-order valence-corrected chi connectivity index (χ2v) is 4.55. The summed E-state index contributed by atoms with van der Waals surface area (Å²) in [6, 6.07) is 2.34. The number of nitrogens with zero attached hydrogens (tertiary/aromatic N) is 2. The number of piperidine rings is 1. The number of fused-ring (bicyclic) bond motifs is 2. The van der Waals surface area contributed by atoms with Crippen LogP contribution in [0, 0.1) is 11.3 Å². The maximum atomic E-state index is 11.7. The molecule has 3 aliphatic rings. The quantitative estimate of drug-likeness (QED) is 0.617. The van der Waals surface area contributed by atoms with E-state index in [9.17, 15) is 10.1 Å². The first kappa shape index (κ1) is 8.98. The third kappa shape index (κ3) is 0.840. The minimum atomic E-state index is -0.701. The SMILES string of the molecule is N#CC12CCCCN1C(=O)OC21CNC1. The van der Waals surface area contributed by atoms with E-state index in [1.165, 1.54) is 0 Å². The summed E-state index contributed by atoms with van der Waals surface area (Å²) in [7, 11) is 0. The van der Waals surface area contributed by atoms with Gasteiger partial charge in [0, 0.05) is 19.6 Å². The van der Waals surface area contributed by atoms with Crippen LogP contribution in [-0.4, -0.2) is 41.8 Å². The summed E-state index contributed by atoms with van der Waals surface area (Å²) >= 11 is 0. The lowest BCUT2D eigenvalue weighted by Crippen LogP contribution is -2.73. The molecule has 0 aromatic carbocycles. The third-order valence-electron chi connectivity index (χ3n) is 3.89. The topological polar surface area (TPSA) is 65.4 Å². The number of ether oxygens (including phenoxy) is 1. The molecule has 1 spiro atoms. The predicted octanol–water partition coefficient (Wildman–Crippen LogP) is 0.227. The summed E-state index contributed by atoms with van der Waals surface area (Å²) in [6.45, 7) is 1.89. The molecule has 1 unspecified atom stereocenters. The zero-order valence-electron chi connectivity index (χ0n) is 8.45. The van der Waals surface area contributed by atoms with Gasteiger partial charge in [0.05, 0.1) is 6.07 Å². The van der Waals surface area contributed by atoms with Gasteiger partial charge >= 0.3 is 6.09 Å². The van der Waals surface area contributed by atoms with Crippen molar-refractivity contribution in [1.82, 2.24) is 10.2 Å². The summed E-state index contributed by atoms with van der Waals surface area (Å²) in [5.41, 5.74) is -1.27. The Labute approximate surface area is 88.0 Å². The van der Waals surface area contributed by atoms with Gasteiger partial charge in [0.15, 0.2) is 11.1 Å². The molecule has 3 rings (SSSR count). The fraction of sp³-hybridized carbons (Fsp3) is 0.800. The van der Waals surface area contributed by atoms with Gasteiger partial charge in [-0.05, 0) is 19.3 Å². The zero-order valence-corrected chi connectivity index (χ0v) is 8.45. The van der Waals surface area contributed by atoms with Gasteiger partial charge in [-0.3, -0.25) is 4.90 Å². The molecule has 3 aliphatic heterocycles. The monoisotopic (exact) mass is 207 g/mol. The number of nitriles is 1. The minimum absolute atomic E-state index is 0.308. The molecule has 3 fully saturated rings. The highest BCUT2D eigenvalue weighted by Crippen LogP contribution is 2.47. The Morgan fingerprint density at radius 2 is 2.27 bits per heavy atom. The van der Waals surface area contributed by atoms with Gasteiger partial charge in [-0.25, -0.2) is 4.79 Å². The first-order valence-electron chi connectivity index (χ1n) is 5.37. The van der Waals surface area contributed by atoms with E-state index in [4.69, 9.17) is 4.74 Å². The Hall–Kier alpha value is -1.28. The van der Waals surface area contributed by atoms with E-state index in [1.54, 1.807) is 4.90 Å². The van der Waals surface area contributed by atoms with Crippen LogP contribution in [0.4, 0.5) is 4.79 Å². The summed E-state index contributed by atoms with van der Waals surface area (Å²) < 4.78 is 5.43. The van der Waals surface area contributed by atoms with Crippen LogP contribution < -0.4 is 5.32 Å². The van der Waals surface area contributed by atoms with Crippen LogP contribution in [0.5, 0.6) is 0 Å². The number of carbonyl (C=O) groups excluding carboxylic acids is 1. The average Bonchev–Trinajstić information content (AvgIpc) is 2.49. The number of carbonyl (C=O) groups is 1. The van der Waals surface area contributed by atoms with Crippen molar-refractivity contribution in [1.29, 1.82) is 5.26 Å². The van der Waals surface area contributed by atoms with Gasteiger partial charge in [0.1, 0.15) is 0 Å². The summed E-state index contributed by atoms with van der Waals surface area (Å²) in [6.07, 6.45) is 2.42. The number of amides is 1. The molecule has 0 aliphatic carbocycles. The molecule has 0 bridgehead atoms. The van der Waals surface area contributed by atoms with Gasteiger partial charge < -0.3 is 10.1 Å². The van der Waals surface area contributed by atoms with E-state index in [2.05, 4.69) is 11.4 Å². The van der Waals surface area contributed by atoms with Crippen molar-refractivity contribution in [3.63, 3.8) is 0 Å². The van der Waals surface area contributed by atoms with Gasteiger partial charge in [-0.15, -0.1) is 0 Å². The molecule has 1 amide bonds. The Morgan fingerprint density at radius 1 is 1.47 bits per heavy atom. The molecule has 0 radical (unpaired) electrons. The lowest BCUT2D eigenvalue weighted by Gasteiger charge is -2.48. The molecule has 0 saturated carbocycles. The first-order chi connectivity index (χ1) is 7.24. The Bertz CT molecular complexity index is 358. The van der Waals surface area contributed by atoms with E-state index in [0.717, 1.165) is 19.3 Å². The first-order valence-corrected chi connectivity index (χ1v) is 5.37. The molecular formula is C10H13N3O2.